The second kappa shape index (κ2) is 7.59. The van der Waals surface area contributed by atoms with Crippen LogP contribution in [0.2, 0.25) is 0 Å². The van der Waals surface area contributed by atoms with E-state index in [1.54, 1.807) is 31.4 Å². The molecule has 0 spiro atoms. The number of nitrogens with zero attached hydrogens (tertiary/aromatic N) is 1. The first-order chi connectivity index (χ1) is 11.0. The van der Waals surface area contributed by atoms with E-state index in [-0.39, 0.29) is 17.0 Å². The summed E-state index contributed by atoms with van der Waals surface area (Å²) in [4.78, 5) is 25.6. The molecule has 1 saturated heterocycles. The number of hydrogen-bond donors (Lipinski definition) is 1. The van der Waals surface area contributed by atoms with Gasteiger partial charge in [-0.1, -0.05) is 25.5 Å². The van der Waals surface area contributed by atoms with E-state index in [0.29, 0.717) is 13.0 Å². The molecule has 1 aliphatic heterocycles. The Balaban J connectivity index is 2.10. The number of likely N-dealkylation sites (tertiary alicyclic amines) is 1. The second-order valence-corrected chi connectivity index (χ2v) is 6.24. The van der Waals surface area contributed by atoms with Gasteiger partial charge in [0.1, 0.15) is 0 Å². The summed E-state index contributed by atoms with van der Waals surface area (Å²) in [5, 5.41) is 8.93. The average molecular weight is 319 g/mol. The van der Waals surface area contributed by atoms with Crippen molar-refractivity contribution in [3.8, 4) is 0 Å². The molecule has 5 heteroatoms. The molecular weight excluding hydrogens is 294 g/mol. The Labute approximate surface area is 137 Å². The fraction of sp³-hybridized carbons (Fsp3) is 0.556. The van der Waals surface area contributed by atoms with Gasteiger partial charge in [-0.15, -0.1) is 0 Å². The molecule has 1 aromatic carbocycles. The van der Waals surface area contributed by atoms with Crippen molar-refractivity contribution in [2.45, 2.75) is 44.6 Å². The van der Waals surface area contributed by atoms with Crippen LogP contribution in [0.25, 0.3) is 0 Å². The van der Waals surface area contributed by atoms with E-state index in [1.165, 1.54) is 0 Å². The lowest BCUT2D eigenvalue weighted by atomic mass is 9.91. The van der Waals surface area contributed by atoms with Crippen molar-refractivity contribution in [1.82, 2.24) is 4.90 Å². The van der Waals surface area contributed by atoms with Crippen LogP contribution in [0.3, 0.4) is 0 Å². The summed E-state index contributed by atoms with van der Waals surface area (Å²) in [7, 11) is 1.68. The highest BCUT2D eigenvalue weighted by Crippen LogP contribution is 2.34. The van der Waals surface area contributed by atoms with Crippen molar-refractivity contribution < 1.29 is 19.4 Å². The molecule has 1 N–H and O–H groups in total. The van der Waals surface area contributed by atoms with Gasteiger partial charge in [0.2, 0.25) is 5.91 Å². The van der Waals surface area contributed by atoms with Gasteiger partial charge < -0.3 is 14.7 Å². The van der Waals surface area contributed by atoms with Crippen LogP contribution < -0.4 is 0 Å². The number of hydrogen-bond acceptors (Lipinski definition) is 3. The van der Waals surface area contributed by atoms with Gasteiger partial charge in [-0.2, -0.15) is 0 Å². The van der Waals surface area contributed by atoms with Gasteiger partial charge in [-0.05, 0) is 37.0 Å². The molecule has 23 heavy (non-hydrogen) atoms. The summed E-state index contributed by atoms with van der Waals surface area (Å²) in [6.07, 6.45) is 4.26. The molecule has 0 bridgehead atoms. The number of carbonyl (C=O) groups is 2. The van der Waals surface area contributed by atoms with Crippen LogP contribution in [0.15, 0.2) is 24.3 Å². The molecule has 0 aromatic heterocycles. The predicted molar refractivity (Wildman–Crippen MR) is 87.6 cm³/mol. The van der Waals surface area contributed by atoms with Crippen molar-refractivity contribution in [3.05, 3.63) is 35.4 Å². The van der Waals surface area contributed by atoms with Gasteiger partial charge >= 0.3 is 5.97 Å². The minimum Gasteiger partial charge on any atom is -0.478 e. The molecule has 1 atom stereocenters. The highest BCUT2D eigenvalue weighted by Gasteiger charge is 2.42. The molecule has 0 radical (unpaired) electrons. The fourth-order valence-electron chi connectivity index (χ4n) is 3.58. The van der Waals surface area contributed by atoms with E-state index < -0.39 is 5.97 Å². The van der Waals surface area contributed by atoms with Crippen LogP contribution in [0, 0.1) is 0 Å². The number of carboxylic acids is 1. The Morgan fingerprint density at radius 2 is 2.00 bits per heavy atom. The third-order valence-corrected chi connectivity index (χ3v) is 4.58. The molecule has 1 aliphatic rings. The third-order valence-electron chi connectivity index (χ3n) is 4.58. The van der Waals surface area contributed by atoms with Gasteiger partial charge in [0.05, 0.1) is 24.1 Å². The minimum atomic E-state index is -0.954. The van der Waals surface area contributed by atoms with Gasteiger partial charge in [-0.25, -0.2) is 4.79 Å². The van der Waals surface area contributed by atoms with Gasteiger partial charge in [0.15, 0.2) is 0 Å². The number of carboxylic acid groups (broad SMARTS) is 1. The fourth-order valence-corrected chi connectivity index (χ4v) is 3.58. The Morgan fingerprint density at radius 1 is 1.30 bits per heavy atom. The van der Waals surface area contributed by atoms with Crippen molar-refractivity contribution >= 4 is 11.9 Å². The normalized spacial score (nSPS) is 20.7. The quantitative estimate of drug-likeness (QED) is 0.839. The maximum Gasteiger partial charge on any atom is 0.335 e. The van der Waals surface area contributed by atoms with Crippen molar-refractivity contribution in [1.29, 1.82) is 0 Å². The molecule has 126 valence electrons. The van der Waals surface area contributed by atoms with E-state index in [1.807, 2.05) is 4.90 Å². The molecule has 1 amide bonds. The van der Waals surface area contributed by atoms with Crippen LogP contribution in [0.4, 0.5) is 0 Å². The molecule has 1 heterocycles. The molecule has 5 nitrogen and oxygen atoms in total. The molecule has 1 fully saturated rings. The lowest BCUT2D eigenvalue weighted by Gasteiger charge is -2.38. The number of rotatable bonds is 7. The van der Waals surface area contributed by atoms with E-state index >= 15 is 0 Å². The number of aromatic carboxylic acids is 1. The first-order valence-electron chi connectivity index (χ1n) is 8.14. The number of methoxy groups -OCH3 is 1. The summed E-state index contributed by atoms with van der Waals surface area (Å²) >= 11 is 0. The zero-order chi connectivity index (χ0) is 16.9. The summed E-state index contributed by atoms with van der Waals surface area (Å²) in [5.74, 6) is -0.861. The molecule has 1 aromatic rings. The summed E-state index contributed by atoms with van der Waals surface area (Å²) in [6.45, 7) is 3.48. The number of amides is 1. The number of ether oxygens (including phenoxy) is 1. The highest BCUT2D eigenvalue weighted by molar-refractivity contribution is 5.87. The lowest BCUT2D eigenvalue weighted by molar-refractivity contribution is -0.137. The Kier molecular flexibility index (Phi) is 5.77. The van der Waals surface area contributed by atoms with Crippen molar-refractivity contribution in [2.75, 3.05) is 20.3 Å². The Hall–Kier alpha value is -1.88. The van der Waals surface area contributed by atoms with Gasteiger partial charge in [0.25, 0.3) is 0 Å². The molecule has 0 saturated carbocycles. The smallest absolute Gasteiger partial charge is 0.335 e. The summed E-state index contributed by atoms with van der Waals surface area (Å²) in [5.41, 5.74) is 0.901. The molecule has 0 aliphatic carbocycles. The average Bonchev–Trinajstić information content (AvgIpc) is 2.92. The predicted octanol–water partition coefficient (Wildman–Crippen LogP) is 2.74. The van der Waals surface area contributed by atoms with Crippen molar-refractivity contribution in [3.63, 3.8) is 0 Å². The Morgan fingerprint density at radius 3 is 2.57 bits per heavy atom. The van der Waals surface area contributed by atoms with Crippen LogP contribution in [0.1, 0.15) is 48.5 Å². The summed E-state index contributed by atoms with van der Waals surface area (Å²) in [6, 6.07) is 6.53. The lowest BCUT2D eigenvalue weighted by Crippen LogP contribution is -2.50. The third kappa shape index (κ3) is 3.91. The van der Waals surface area contributed by atoms with E-state index in [2.05, 4.69) is 6.92 Å². The number of carbonyl (C=O) groups excluding carboxylic acids is 1. The largest absolute Gasteiger partial charge is 0.478 e. The zero-order valence-corrected chi connectivity index (χ0v) is 13.9. The molecule has 1 unspecified atom stereocenters. The first kappa shape index (κ1) is 17.5. The van der Waals surface area contributed by atoms with Crippen LogP contribution in [-0.4, -0.2) is 47.7 Å². The van der Waals surface area contributed by atoms with Gasteiger partial charge in [0, 0.05) is 13.7 Å². The van der Waals surface area contributed by atoms with E-state index in [0.717, 1.165) is 37.8 Å². The standard InChI is InChI=1S/C18H25NO4/c1-3-9-18(13-23-2)10-4-11-19(18)16(20)12-14-5-7-15(8-6-14)17(21)22/h5-8H,3-4,9-13H2,1-2H3,(H,21,22). The van der Waals surface area contributed by atoms with Gasteiger partial charge in [-0.3, -0.25) is 4.79 Å². The summed E-state index contributed by atoms with van der Waals surface area (Å²) < 4.78 is 5.40. The highest BCUT2D eigenvalue weighted by atomic mass is 16.5. The van der Waals surface area contributed by atoms with Crippen LogP contribution in [0.5, 0.6) is 0 Å². The Bertz CT molecular complexity index is 547. The van der Waals surface area contributed by atoms with Crippen molar-refractivity contribution in [2.24, 2.45) is 0 Å². The first-order valence-corrected chi connectivity index (χ1v) is 8.14. The molecule has 2 rings (SSSR count). The van der Waals surface area contributed by atoms with Crippen LogP contribution in [-0.2, 0) is 16.0 Å². The maximum absolute atomic E-state index is 12.8. The van der Waals surface area contributed by atoms with Crippen LogP contribution >= 0.6 is 0 Å². The number of benzene rings is 1. The minimum absolute atomic E-state index is 0.0936. The second-order valence-electron chi connectivity index (χ2n) is 6.24. The molecular formula is C18H25NO4. The van der Waals surface area contributed by atoms with E-state index in [9.17, 15) is 9.59 Å². The van der Waals surface area contributed by atoms with E-state index in [4.69, 9.17) is 9.84 Å². The SMILES string of the molecule is CCCC1(COC)CCCN1C(=O)Cc1ccc(C(=O)O)cc1. The zero-order valence-electron chi connectivity index (χ0n) is 13.9. The maximum atomic E-state index is 12.8. The topological polar surface area (TPSA) is 66.8 Å². The monoisotopic (exact) mass is 319 g/mol.